The predicted molar refractivity (Wildman–Crippen MR) is 391 cm³/mol. The van der Waals surface area contributed by atoms with E-state index >= 15 is 0 Å². The molecule has 16 aromatic rings. The fraction of sp³-hybridized carbons (Fsp3) is 0.0941. The Morgan fingerprint density at radius 3 is 1.25 bits per heavy atom. The smallest absolute Gasteiger partial charge is 0.182 e. The Morgan fingerprint density at radius 1 is 0.260 bits per heavy atom. The largest absolute Gasteiger partial charge is 0.264 e. The highest BCUT2D eigenvalue weighted by atomic mass is 15.0. The number of hydrogen-bond acceptors (Lipinski definition) is 11. The summed E-state index contributed by atoms with van der Waals surface area (Å²) in [5.41, 5.74) is 24.3. The molecule has 8 heterocycles. The van der Waals surface area contributed by atoms with Gasteiger partial charge in [0.05, 0.1) is 33.5 Å². The summed E-state index contributed by atoms with van der Waals surface area (Å²) < 4.78 is 0. The van der Waals surface area contributed by atoms with Crippen molar-refractivity contribution in [1.82, 2.24) is 54.8 Å². The minimum absolute atomic E-state index is 0.291. The third kappa shape index (κ3) is 12.4. The van der Waals surface area contributed by atoms with E-state index < -0.39 is 0 Å². The summed E-state index contributed by atoms with van der Waals surface area (Å²) in [6, 6.07) is 87.9. The molecule has 96 heavy (non-hydrogen) atoms. The first-order valence-corrected chi connectivity index (χ1v) is 32.4. The van der Waals surface area contributed by atoms with Crippen LogP contribution in [0.25, 0.3) is 156 Å². The average Bonchev–Trinajstić information content (AvgIpc) is 0.767. The van der Waals surface area contributed by atoms with Crippen molar-refractivity contribution in [2.45, 2.75) is 53.4 Å². The van der Waals surface area contributed by atoms with Gasteiger partial charge in [-0.1, -0.05) is 228 Å². The van der Waals surface area contributed by atoms with Crippen LogP contribution in [0.4, 0.5) is 0 Å². The minimum atomic E-state index is 0.291. The average molecular weight is 1240 g/mol. The molecule has 0 aliphatic heterocycles. The molecule has 0 bridgehead atoms. The van der Waals surface area contributed by atoms with Crippen molar-refractivity contribution < 1.29 is 0 Å². The van der Waals surface area contributed by atoms with Crippen LogP contribution in [-0.4, -0.2) is 54.8 Å². The van der Waals surface area contributed by atoms with Gasteiger partial charge in [0, 0.05) is 90.7 Å². The normalized spacial score (nSPS) is 11.4. The highest BCUT2D eigenvalue weighted by Gasteiger charge is 2.19. The number of aryl methyl sites for hydroxylation is 2. The molecule has 0 radical (unpaired) electrons. The SMILES string of the molecule is Cc1cc(-c2ccc(-c3ccc(-c4nc(-c5ccccc5)cc(-c5cccnc5)n4)cc3)cc2)c2ccc3ccc(C(C)C)nc3c2n1.Cc1ccc2ccc3c(-c4ccc(-c5ccc(-c6nc(-c7ccccc7)nc(-c7ccccn7)n6)cc5)cc4)cc(C(C)C)nc3c2n1. The van der Waals surface area contributed by atoms with Crippen LogP contribution in [0.15, 0.2) is 273 Å². The van der Waals surface area contributed by atoms with E-state index in [1.54, 1.807) is 12.4 Å². The molecule has 0 saturated heterocycles. The number of aromatic nitrogens is 11. The lowest BCUT2D eigenvalue weighted by Crippen LogP contribution is -2.00. The van der Waals surface area contributed by atoms with E-state index in [2.05, 4.69) is 214 Å². The molecule has 8 aromatic heterocycles. The van der Waals surface area contributed by atoms with Gasteiger partial charge in [0.1, 0.15) is 5.69 Å². The van der Waals surface area contributed by atoms with Crippen molar-refractivity contribution in [3.8, 4) is 113 Å². The van der Waals surface area contributed by atoms with Gasteiger partial charge in [-0.3, -0.25) is 29.9 Å². The Labute approximate surface area is 557 Å². The Balaban J connectivity index is 0.000000158. The third-order valence-electron chi connectivity index (χ3n) is 17.4. The van der Waals surface area contributed by atoms with Gasteiger partial charge in [-0.15, -0.1) is 0 Å². The first kappa shape index (κ1) is 60.1. The van der Waals surface area contributed by atoms with E-state index in [0.29, 0.717) is 40.8 Å². The van der Waals surface area contributed by atoms with Crippen LogP contribution in [0.1, 0.15) is 62.3 Å². The van der Waals surface area contributed by atoms with Gasteiger partial charge in [0.15, 0.2) is 23.3 Å². The molecule has 11 heteroatoms. The molecule has 0 unspecified atom stereocenters. The monoisotopic (exact) mass is 1240 g/mol. The second-order valence-electron chi connectivity index (χ2n) is 24.7. The van der Waals surface area contributed by atoms with Gasteiger partial charge in [-0.25, -0.2) is 24.9 Å². The van der Waals surface area contributed by atoms with Crippen LogP contribution in [-0.2, 0) is 0 Å². The Morgan fingerprint density at radius 2 is 0.698 bits per heavy atom. The molecule has 0 fully saturated rings. The molecule has 11 nitrogen and oxygen atoms in total. The van der Waals surface area contributed by atoms with Crippen LogP contribution in [0.3, 0.4) is 0 Å². The number of rotatable bonds is 12. The Kier molecular flexibility index (Phi) is 16.3. The second-order valence-corrected chi connectivity index (χ2v) is 24.7. The molecule has 0 saturated carbocycles. The standard InChI is InChI=1S/C43H33N5.C42H32N6/c1-27(2)38-22-20-33-19-21-36-37(24-28(3)45-42(36)41(33)46-38)31-15-11-29(12-16-31)30-13-17-34(18-14-30)43-47-39(32-8-5-4-6-9-32)25-40(48-43)35-10-7-23-44-26-35;1-26(2)37-25-35(34-23-22-31-13-12-27(3)44-38(31)39(34)45-37)30-18-14-28(15-19-30)29-16-20-33(21-17-29)41-46-40(32-9-5-4-6-10-32)47-42(48-41)36-11-7-8-24-43-36/h4-27H,1-3H3;4-26H,1-3H3. The zero-order chi connectivity index (χ0) is 65.2. The van der Waals surface area contributed by atoms with Gasteiger partial charge >= 0.3 is 0 Å². The summed E-state index contributed by atoms with van der Waals surface area (Å²) in [6.45, 7) is 12.8. The number of fused-ring (bicyclic) bond motifs is 6. The summed E-state index contributed by atoms with van der Waals surface area (Å²) in [6.07, 6.45) is 5.36. The number of benzene rings is 8. The predicted octanol–water partition coefficient (Wildman–Crippen LogP) is 20.9. The summed E-state index contributed by atoms with van der Waals surface area (Å²) in [7, 11) is 0. The molecule has 0 spiro atoms. The number of nitrogens with zero attached hydrogens (tertiary/aromatic N) is 11. The van der Waals surface area contributed by atoms with Crippen molar-refractivity contribution in [1.29, 1.82) is 0 Å². The lowest BCUT2D eigenvalue weighted by molar-refractivity contribution is 0.830. The molecule has 0 aliphatic carbocycles. The van der Waals surface area contributed by atoms with Crippen LogP contribution in [0, 0.1) is 13.8 Å². The van der Waals surface area contributed by atoms with Crippen molar-refractivity contribution in [3.05, 3.63) is 296 Å². The lowest BCUT2D eigenvalue weighted by Gasteiger charge is -2.14. The molecule has 0 aliphatic rings. The van der Waals surface area contributed by atoms with Crippen LogP contribution in [0.5, 0.6) is 0 Å². The first-order chi connectivity index (χ1) is 47.0. The van der Waals surface area contributed by atoms with Crippen molar-refractivity contribution in [2.75, 3.05) is 0 Å². The van der Waals surface area contributed by atoms with Gasteiger partial charge in [-0.05, 0) is 125 Å². The van der Waals surface area contributed by atoms with Crippen LogP contribution >= 0.6 is 0 Å². The van der Waals surface area contributed by atoms with Crippen LogP contribution < -0.4 is 0 Å². The van der Waals surface area contributed by atoms with E-state index in [9.17, 15) is 0 Å². The molecule has 0 amide bonds. The Hall–Kier alpha value is -12.2. The lowest BCUT2D eigenvalue weighted by atomic mass is 9.94. The molecule has 460 valence electrons. The molecule has 0 atom stereocenters. The molecule has 8 aromatic carbocycles. The van der Waals surface area contributed by atoms with Crippen LogP contribution in [0.2, 0.25) is 0 Å². The van der Waals surface area contributed by atoms with Crippen molar-refractivity contribution >= 4 is 43.6 Å². The van der Waals surface area contributed by atoms with E-state index in [1.807, 2.05) is 98.0 Å². The summed E-state index contributed by atoms with van der Waals surface area (Å²) >= 11 is 0. The molecule has 16 rings (SSSR count). The topological polar surface area (TPSA) is 142 Å². The zero-order valence-electron chi connectivity index (χ0n) is 54.1. The highest BCUT2D eigenvalue weighted by Crippen LogP contribution is 2.38. The third-order valence-corrected chi connectivity index (χ3v) is 17.4. The summed E-state index contributed by atoms with van der Waals surface area (Å²) in [5, 5.41) is 4.44. The quantitative estimate of drug-likeness (QED) is 0.108. The summed E-state index contributed by atoms with van der Waals surface area (Å²) in [4.78, 5) is 53.1. The molecular formula is C85H65N11. The van der Waals surface area contributed by atoms with Crippen molar-refractivity contribution in [2.24, 2.45) is 0 Å². The van der Waals surface area contributed by atoms with Crippen molar-refractivity contribution in [3.63, 3.8) is 0 Å². The number of hydrogen-bond donors (Lipinski definition) is 0. The van der Waals surface area contributed by atoms with Gasteiger partial charge in [0.2, 0.25) is 0 Å². The van der Waals surface area contributed by atoms with E-state index in [4.69, 9.17) is 44.9 Å². The van der Waals surface area contributed by atoms with Gasteiger partial charge in [0.25, 0.3) is 0 Å². The van der Waals surface area contributed by atoms with E-state index in [1.165, 1.54) is 5.56 Å². The molecule has 0 N–H and O–H groups in total. The van der Waals surface area contributed by atoms with E-state index in [-0.39, 0.29) is 0 Å². The van der Waals surface area contributed by atoms with Gasteiger partial charge < -0.3 is 0 Å². The van der Waals surface area contributed by atoms with E-state index in [0.717, 1.165) is 145 Å². The first-order valence-electron chi connectivity index (χ1n) is 32.4. The fourth-order valence-corrected chi connectivity index (χ4v) is 12.2. The fourth-order valence-electron chi connectivity index (χ4n) is 12.2. The summed E-state index contributed by atoms with van der Waals surface area (Å²) in [5.74, 6) is 3.09. The maximum atomic E-state index is 5.09. The maximum absolute atomic E-state index is 5.09. The molecular weight excluding hydrogens is 1180 g/mol. The minimum Gasteiger partial charge on any atom is -0.264 e. The second kappa shape index (κ2) is 26.1. The highest BCUT2D eigenvalue weighted by molar-refractivity contribution is 6.09. The zero-order valence-corrected chi connectivity index (χ0v) is 54.1. The number of pyridine rings is 6. The Bertz CT molecular complexity index is 5380. The van der Waals surface area contributed by atoms with Gasteiger partial charge in [-0.2, -0.15) is 0 Å². The maximum Gasteiger partial charge on any atom is 0.182 e.